The Bertz CT molecular complexity index is 1110. The van der Waals surface area contributed by atoms with E-state index in [1.807, 2.05) is 4.90 Å². The third-order valence-electron chi connectivity index (χ3n) is 6.18. The molecule has 2 aliphatic heterocycles. The Labute approximate surface area is 190 Å². The van der Waals surface area contributed by atoms with Crippen LogP contribution in [0, 0.1) is 5.92 Å². The van der Waals surface area contributed by atoms with Gasteiger partial charge in [0.1, 0.15) is 4.90 Å². The predicted octanol–water partition coefficient (Wildman–Crippen LogP) is 2.19. The quantitative estimate of drug-likeness (QED) is 0.664. The Hall–Kier alpha value is -2.60. The van der Waals surface area contributed by atoms with Gasteiger partial charge in [-0.2, -0.15) is 22.6 Å². The summed E-state index contributed by atoms with van der Waals surface area (Å²) in [5.41, 5.74) is -0.223. The van der Waals surface area contributed by atoms with Gasteiger partial charge in [-0.1, -0.05) is 6.07 Å². The summed E-state index contributed by atoms with van der Waals surface area (Å²) in [6, 6.07) is 5.18. The van der Waals surface area contributed by atoms with Gasteiger partial charge in [-0.25, -0.2) is 8.42 Å². The second kappa shape index (κ2) is 8.98. The minimum absolute atomic E-state index is 0.104. The van der Waals surface area contributed by atoms with Gasteiger partial charge in [0.15, 0.2) is 0 Å². The van der Waals surface area contributed by atoms with E-state index in [9.17, 15) is 26.4 Å². The first kappa shape index (κ1) is 23.6. The normalized spacial score (nSPS) is 20.8. The lowest BCUT2D eigenvalue weighted by atomic mass is 9.97. The van der Waals surface area contributed by atoms with Crippen LogP contribution in [0.5, 0.6) is 0 Å². The van der Waals surface area contributed by atoms with Crippen LogP contribution < -0.4 is 4.90 Å². The molecule has 0 bridgehead atoms. The number of nitrogens with zero attached hydrogens (tertiary/aromatic N) is 5. The number of hydrogen-bond acceptors (Lipinski definition) is 5. The number of aromatic nitrogens is 2. The number of rotatable bonds is 4. The highest BCUT2D eigenvalue weighted by Crippen LogP contribution is 2.32. The predicted molar refractivity (Wildman–Crippen MR) is 115 cm³/mol. The van der Waals surface area contributed by atoms with E-state index in [0.717, 1.165) is 12.1 Å². The highest BCUT2D eigenvalue weighted by Gasteiger charge is 2.36. The van der Waals surface area contributed by atoms with Crippen molar-refractivity contribution in [3.05, 3.63) is 42.2 Å². The number of aryl methyl sites for hydroxylation is 1. The van der Waals surface area contributed by atoms with Gasteiger partial charge in [0.2, 0.25) is 15.9 Å². The number of amides is 1. The van der Waals surface area contributed by atoms with Crippen LogP contribution in [0.3, 0.4) is 0 Å². The van der Waals surface area contributed by atoms with E-state index in [4.69, 9.17) is 0 Å². The molecular formula is C21H26F3N5O3S. The number of benzene rings is 1. The summed E-state index contributed by atoms with van der Waals surface area (Å²) in [5.74, 6) is -0.546. The average Bonchev–Trinajstić information content (AvgIpc) is 3.25. The number of piperazine rings is 1. The molecule has 3 heterocycles. The van der Waals surface area contributed by atoms with Crippen LogP contribution >= 0.6 is 0 Å². The maximum Gasteiger partial charge on any atom is 0.416 e. The van der Waals surface area contributed by atoms with Crippen LogP contribution in [-0.4, -0.2) is 72.6 Å². The molecule has 1 aromatic heterocycles. The number of alkyl halides is 3. The van der Waals surface area contributed by atoms with Crippen molar-refractivity contribution in [2.24, 2.45) is 13.0 Å². The third-order valence-corrected chi connectivity index (χ3v) is 8.00. The van der Waals surface area contributed by atoms with Gasteiger partial charge in [0.25, 0.3) is 0 Å². The largest absolute Gasteiger partial charge is 0.416 e. The molecule has 0 N–H and O–H groups in total. The first-order valence-electron chi connectivity index (χ1n) is 10.8. The van der Waals surface area contributed by atoms with E-state index in [1.54, 1.807) is 18.0 Å². The lowest BCUT2D eigenvalue weighted by Gasteiger charge is -2.39. The van der Waals surface area contributed by atoms with E-state index in [0.29, 0.717) is 51.3 Å². The van der Waals surface area contributed by atoms with Crippen molar-refractivity contribution in [3.63, 3.8) is 0 Å². The summed E-state index contributed by atoms with van der Waals surface area (Å²) in [6.07, 6.45) is -0.482. The van der Waals surface area contributed by atoms with Crippen molar-refractivity contribution < 1.29 is 26.4 Å². The lowest BCUT2D eigenvalue weighted by Crippen LogP contribution is -2.53. The SMILES string of the molecule is Cn1cc(S(=O)(=O)N2CCCC(C(=O)N3CCN(c4cccc(C(F)(F)F)c4)CC3)C2)cn1. The van der Waals surface area contributed by atoms with Crippen molar-refractivity contribution in [2.75, 3.05) is 44.2 Å². The minimum atomic E-state index is -4.41. The van der Waals surface area contributed by atoms with Crippen molar-refractivity contribution in [2.45, 2.75) is 23.9 Å². The van der Waals surface area contributed by atoms with Crippen molar-refractivity contribution in [1.82, 2.24) is 19.0 Å². The molecule has 8 nitrogen and oxygen atoms in total. The molecule has 0 spiro atoms. The lowest BCUT2D eigenvalue weighted by molar-refractivity contribution is -0.137. The monoisotopic (exact) mass is 485 g/mol. The van der Waals surface area contributed by atoms with E-state index in [-0.39, 0.29) is 17.3 Å². The van der Waals surface area contributed by atoms with Gasteiger partial charge in [0, 0.05) is 58.2 Å². The van der Waals surface area contributed by atoms with Gasteiger partial charge in [-0.05, 0) is 31.0 Å². The molecule has 4 rings (SSSR count). The zero-order valence-electron chi connectivity index (χ0n) is 18.2. The van der Waals surface area contributed by atoms with Crippen molar-refractivity contribution in [3.8, 4) is 0 Å². The topological polar surface area (TPSA) is 78.8 Å². The Kier molecular flexibility index (Phi) is 6.41. The van der Waals surface area contributed by atoms with Crippen LogP contribution in [0.4, 0.5) is 18.9 Å². The maximum atomic E-state index is 13.1. The number of carbonyl (C=O) groups is 1. The van der Waals surface area contributed by atoms with Crippen LogP contribution in [0.2, 0.25) is 0 Å². The first-order valence-corrected chi connectivity index (χ1v) is 12.2. The van der Waals surface area contributed by atoms with E-state index < -0.39 is 27.7 Å². The Morgan fingerprint density at radius 3 is 2.48 bits per heavy atom. The van der Waals surface area contributed by atoms with Gasteiger partial charge in [-0.15, -0.1) is 0 Å². The minimum Gasteiger partial charge on any atom is -0.368 e. The Balaban J connectivity index is 1.38. The van der Waals surface area contributed by atoms with Gasteiger partial charge < -0.3 is 9.80 Å². The number of anilines is 1. The molecule has 1 atom stereocenters. The Morgan fingerprint density at radius 2 is 1.85 bits per heavy atom. The molecule has 0 saturated carbocycles. The molecule has 33 heavy (non-hydrogen) atoms. The van der Waals surface area contributed by atoms with Gasteiger partial charge >= 0.3 is 6.18 Å². The molecule has 1 aromatic carbocycles. The van der Waals surface area contributed by atoms with Gasteiger partial charge in [0.05, 0.1) is 17.7 Å². The summed E-state index contributed by atoms with van der Waals surface area (Å²) in [5, 5.41) is 3.92. The number of sulfonamides is 1. The molecule has 2 saturated heterocycles. The van der Waals surface area contributed by atoms with E-state index in [1.165, 1.54) is 27.4 Å². The molecule has 2 fully saturated rings. The molecule has 2 aliphatic rings. The van der Waals surface area contributed by atoms with Crippen LogP contribution in [-0.2, 0) is 28.0 Å². The molecule has 180 valence electrons. The van der Waals surface area contributed by atoms with E-state index >= 15 is 0 Å². The second-order valence-corrected chi connectivity index (χ2v) is 10.4. The first-order chi connectivity index (χ1) is 15.6. The number of halogens is 3. The van der Waals surface area contributed by atoms with Crippen LogP contribution in [0.1, 0.15) is 18.4 Å². The Morgan fingerprint density at radius 1 is 1.12 bits per heavy atom. The number of carbonyl (C=O) groups excluding carboxylic acids is 1. The number of hydrogen-bond donors (Lipinski definition) is 0. The van der Waals surface area contributed by atoms with Crippen LogP contribution in [0.25, 0.3) is 0 Å². The fourth-order valence-corrected chi connectivity index (χ4v) is 5.88. The maximum absolute atomic E-state index is 13.1. The fourth-order valence-electron chi connectivity index (χ4n) is 4.37. The summed E-state index contributed by atoms with van der Waals surface area (Å²) in [6.45, 7) is 2.05. The van der Waals surface area contributed by atoms with Crippen molar-refractivity contribution in [1.29, 1.82) is 0 Å². The number of piperidine rings is 1. The molecule has 12 heteroatoms. The van der Waals surface area contributed by atoms with Crippen LogP contribution in [0.15, 0.2) is 41.6 Å². The summed E-state index contributed by atoms with van der Waals surface area (Å²) >= 11 is 0. The smallest absolute Gasteiger partial charge is 0.368 e. The summed E-state index contributed by atoms with van der Waals surface area (Å²) in [4.78, 5) is 16.7. The molecule has 1 amide bonds. The zero-order chi connectivity index (χ0) is 23.8. The zero-order valence-corrected chi connectivity index (χ0v) is 19.0. The molecular weight excluding hydrogens is 459 g/mol. The third kappa shape index (κ3) is 5.01. The molecule has 2 aromatic rings. The highest BCUT2D eigenvalue weighted by molar-refractivity contribution is 7.89. The standard InChI is InChI=1S/C21H26F3N5O3S/c1-26-15-19(13-25-26)33(31,32)29-7-3-4-16(14-29)20(30)28-10-8-27(9-11-28)18-6-2-5-17(12-18)21(22,23)24/h2,5-6,12-13,15-16H,3-4,7-11,14H2,1H3. The fraction of sp³-hybridized carbons (Fsp3) is 0.524. The summed E-state index contributed by atoms with van der Waals surface area (Å²) < 4.78 is 67.6. The summed E-state index contributed by atoms with van der Waals surface area (Å²) in [7, 11) is -2.08. The molecule has 1 unspecified atom stereocenters. The highest BCUT2D eigenvalue weighted by atomic mass is 32.2. The molecule has 0 aliphatic carbocycles. The van der Waals surface area contributed by atoms with E-state index in [2.05, 4.69) is 5.10 Å². The van der Waals surface area contributed by atoms with Crippen molar-refractivity contribution >= 4 is 21.6 Å². The molecule has 0 radical (unpaired) electrons. The van der Waals surface area contributed by atoms with Gasteiger partial charge in [-0.3, -0.25) is 9.48 Å². The second-order valence-electron chi connectivity index (χ2n) is 8.41. The average molecular weight is 486 g/mol.